The van der Waals surface area contributed by atoms with Crippen molar-refractivity contribution in [2.75, 3.05) is 6.26 Å². The van der Waals surface area contributed by atoms with Gasteiger partial charge in [0.25, 0.3) is 5.91 Å². The van der Waals surface area contributed by atoms with E-state index in [1.165, 1.54) is 0 Å². The summed E-state index contributed by atoms with van der Waals surface area (Å²) < 4.78 is 5.95. The minimum absolute atomic E-state index is 0.183. The second-order valence-electron chi connectivity index (χ2n) is 6.17. The van der Waals surface area contributed by atoms with E-state index < -0.39 is 0 Å². The highest BCUT2D eigenvalue weighted by atomic mass is 32.2. The van der Waals surface area contributed by atoms with Crippen LogP contribution in [-0.4, -0.2) is 12.2 Å². The van der Waals surface area contributed by atoms with Gasteiger partial charge in [0, 0.05) is 21.6 Å². The van der Waals surface area contributed by atoms with Crippen LogP contribution in [0.4, 0.5) is 0 Å². The number of carbonyl (C=O) groups excluding carboxylic acids is 1. The maximum Gasteiger partial charge on any atom is 0.288 e. The highest BCUT2D eigenvalue weighted by Gasteiger charge is 2.24. The number of carbonyl (C=O) groups is 1. The molecular formula is C22H19NO2S2. The molecule has 3 nitrogen and oxygen atoms in total. The molecule has 4 aromatic rings. The standard InChI is InChI=1S/C22H19NO2S2/c1-26-14-17-16-10-5-6-11-18(16)25-21(17)22(24)23-20(19-12-7-13-27-19)15-8-3-2-4-9-15/h2-13,20H,14H2,1H3,(H,23,24). The van der Waals surface area contributed by atoms with Gasteiger partial charge in [-0.25, -0.2) is 0 Å². The molecule has 2 aromatic carbocycles. The number of para-hydroxylation sites is 1. The fourth-order valence-corrected chi connectivity index (χ4v) is 4.56. The molecule has 5 heteroatoms. The lowest BCUT2D eigenvalue weighted by molar-refractivity contribution is 0.0917. The summed E-state index contributed by atoms with van der Waals surface area (Å²) >= 11 is 3.31. The quantitative estimate of drug-likeness (QED) is 0.445. The Morgan fingerprint density at radius 1 is 1.07 bits per heavy atom. The minimum atomic E-state index is -0.200. The van der Waals surface area contributed by atoms with Crippen LogP contribution in [-0.2, 0) is 5.75 Å². The molecule has 1 amide bonds. The summed E-state index contributed by atoms with van der Waals surface area (Å²) in [6.07, 6.45) is 2.03. The molecule has 0 saturated heterocycles. The summed E-state index contributed by atoms with van der Waals surface area (Å²) in [5.74, 6) is 0.954. The summed E-state index contributed by atoms with van der Waals surface area (Å²) in [6, 6.07) is 21.7. The van der Waals surface area contributed by atoms with Gasteiger partial charge in [-0.1, -0.05) is 54.6 Å². The van der Waals surface area contributed by atoms with E-state index in [1.54, 1.807) is 23.1 Å². The number of thiophene rings is 1. The highest BCUT2D eigenvalue weighted by molar-refractivity contribution is 7.97. The van der Waals surface area contributed by atoms with Crippen molar-refractivity contribution in [3.8, 4) is 0 Å². The van der Waals surface area contributed by atoms with Crippen LogP contribution in [0, 0.1) is 0 Å². The first-order valence-corrected chi connectivity index (χ1v) is 10.9. The molecular weight excluding hydrogens is 374 g/mol. The fraction of sp³-hybridized carbons (Fsp3) is 0.136. The first-order valence-electron chi connectivity index (χ1n) is 8.66. The average molecular weight is 394 g/mol. The first-order chi connectivity index (χ1) is 13.3. The van der Waals surface area contributed by atoms with Gasteiger partial charge in [0.05, 0.1) is 6.04 Å². The van der Waals surface area contributed by atoms with Crippen LogP contribution in [0.5, 0.6) is 0 Å². The normalized spacial score (nSPS) is 12.2. The Morgan fingerprint density at radius 2 is 1.85 bits per heavy atom. The molecule has 0 spiro atoms. The number of furan rings is 1. The monoisotopic (exact) mass is 393 g/mol. The lowest BCUT2D eigenvalue weighted by Crippen LogP contribution is -2.29. The molecule has 27 heavy (non-hydrogen) atoms. The molecule has 1 N–H and O–H groups in total. The Bertz CT molecular complexity index is 1040. The van der Waals surface area contributed by atoms with Crippen molar-refractivity contribution in [3.05, 3.63) is 93.9 Å². The zero-order valence-corrected chi connectivity index (χ0v) is 16.5. The SMILES string of the molecule is CSCc1c(C(=O)NC(c2ccccc2)c2cccs2)oc2ccccc12. The van der Waals surface area contributed by atoms with Crippen LogP contribution in [0.1, 0.15) is 32.6 Å². The van der Waals surface area contributed by atoms with Crippen molar-refractivity contribution in [3.63, 3.8) is 0 Å². The predicted molar refractivity (Wildman–Crippen MR) is 114 cm³/mol. The molecule has 2 aromatic heterocycles. The van der Waals surface area contributed by atoms with Gasteiger partial charge in [-0.3, -0.25) is 4.79 Å². The van der Waals surface area contributed by atoms with Crippen LogP contribution in [0.25, 0.3) is 11.0 Å². The number of thioether (sulfide) groups is 1. The van der Waals surface area contributed by atoms with Crippen LogP contribution in [0.15, 0.2) is 76.5 Å². The second kappa shape index (κ2) is 8.03. The van der Waals surface area contributed by atoms with E-state index in [4.69, 9.17) is 4.42 Å². The van der Waals surface area contributed by atoms with E-state index in [-0.39, 0.29) is 11.9 Å². The van der Waals surface area contributed by atoms with E-state index in [2.05, 4.69) is 5.32 Å². The third kappa shape index (κ3) is 3.66. The molecule has 0 aliphatic heterocycles. The number of hydrogen-bond donors (Lipinski definition) is 1. The molecule has 1 atom stereocenters. The number of nitrogens with one attached hydrogen (secondary N) is 1. The Labute approximate surface area is 166 Å². The summed E-state index contributed by atoms with van der Waals surface area (Å²) in [5.41, 5.74) is 2.75. The topological polar surface area (TPSA) is 42.2 Å². The molecule has 4 rings (SSSR count). The van der Waals surface area contributed by atoms with Crippen molar-refractivity contribution in [2.24, 2.45) is 0 Å². The van der Waals surface area contributed by atoms with Gasteiger partial charge in [-0.2, -0.15) is 11.8 Å². The van der Waals surface area contributed by atoms with Crippen LogP contribution >= 0.6 is 23.1 Å². The molecule has 0 fully saturated rings. The number of rotatable bonds is 6. The smallest absolute Gasteiger partial charge is 0.288 e. The van der Waals surface area contributed by atoms with E-state index in [0.29, 0.717) is 5.76 Å². The van der Waals surface area contributed by atoms with Crippen molar-refractivity contribution < 1.29 is 9.21 Å². The summed E-state index contributed by atoms with van der Waals surface area (Å²) in [4.78, 5) is 14.3. The van der Waals surface area contributed by atoms with Gasteiger partial charge in [0.2, 0.25) is 0 Å². The Balaban J connectivity index is 1.71. The zero-order valence-electron chi connectivity index (χ0n) is 14.8. The Kier molecular flexibility index (Phi) is 5.32. The largest absolute Gasteiger partial charge is 0.451 e. The lowest BCUT2D eigenvalue weighted by Gasteiger charge is -2.17. The zero-order chi connectivity index (χ0) is 18.6. The molecule has 136 valence electrons. The number of fused-ring (bicyclic) bond motifs is 1. The van der Waals surface area contributed by atoms with Gasteiger partial charge < -0.3 is 9.73 Å². The van der Waals surface area contributed by atoms with Crippen molar-refractivity contribution in [1.29, 1.82) is 0 Å². The minimum Gasteiger partial charge on any atom is -0.451 e. The summed E-state index contributed by atoms with van der Waals surface area (Å²) in [5, 5.41) is 6.21. The summed E-state index contributed by atoms with van der Waals surface area (Å²) in [7, 11) is 0. The Morgan fingerprint density at radius 3 is 2.59 bits per heavy atom. The van der Waals surface area contributed by atoms with Crippen LogP contribution in [0.2, 0.25) is 0 Å². The third-order valence-electron chi connectivity index (χ3n) is 4.43. The number of benzene rings is 2. The second-order valence-corrected chi connectivity index (χ2v) is 8.02. The molecule has 0 bridgehead atoms. The number of amides is 1. The fourth-order valence-electron chi connectivity index (χ4n) is 3.19. The van der Waals surface area contributed by atoms with Gasteiger partial charge >= 0.3 is 0 Å². The van der Waals surface area contributed by atoms with Gasteiger partial charge in [0.1, 0.15) is 5.58 Å². The first kappa shape index (κ1) is 17.9. The predicted octanol–water partition coefficient (Wildman–Crippen LogP) is 5.88. The Hall–Kier alpha value is -2.50. The van der Waals surface area contributed by atoms with Crippen molar-refractivity contribution in [2.45, 2.75) is 11.8 Å². The molecule has 0 saturated carbocycles. The third-order valence-corrected chi connectivity index (χ3v) is 5.94. The van der Waals surface area contributed by atoms with Gasteiger partial charge in [-0.05, 0) is 29.3 Å². The average Bonchev–Trinajstić information content (AvgIpc) is 3.36. The van der Waals surface area contributed by atoms with Crippen molar-refractivity contribution in [1.82, 2.24) is 5.32 Å². The molecule has 1 unspecified atom stereocenters. The van der Waals surface area contributed by atoms with Gasteiger partial charge in [0.15, 0.2) is 5.76 Å². The van der Waals surface area contributed by atoms with Crippen LogP contribution in [0.3, 0.4) is 0 Å². The summed E-state index contributed by atoms with van der Waals surface area (Å²) in [6.45, 7) is 0. The maximum atomic E-state index is 13.2. The van der Waals surface area contributed by atoms with Crippen molar-refractivity contribution >= 4 is 40.0 Å². The van der Waals surface area contributed by atoms with E-state index in [1.807, 2.05) is 78.4 Å². The molecule has 0 aliphatic carbocycles. The van der Waals surface area contributed by atoms with Gasteiger partial charge in [-0.15, -0.1) is 11.3 Å². The molecule has 0 aliphatic rings. The maximum absolute atomic E-state index is 13.2. The lowest BCUT2D eigenvalue weighted by atomic mass is 10.0. The number of hydrogen-bond acceptors (Lipinski definition) is 4. The van der Waals surface area contributed by atoms with E-state index in [0.717, 1.165) is 32.7 Å². The van der Waals surface area contributed by atoms with Crippen LogP contribution < -0.4 is 5.32 Å². The molecule has 2 heterocycles. The molecule has 0 radical (unpaired) electrons. The van der Waals surface area contributed by atoms with E-state index >= 15 is 0 Å². The highest BCUT2D eigenvalue weighted by Crippen LogP contribution is 2.31. The van der Waals surface area contributed by atoms with E-state index in [9.17, 15) is 4.79 Å².